The molecule has 2 aliphatic rings. The molecule has 0 bridgehead atoms. The number of carbonyl (C=O) groups is 1. The van der Waals surface area contributed by atoms with Crippen molar-refractivity contribution in [2.45, 2.75) is 216 Å². The van der Waals surface area contributed by atoms with Crippen molar-refractivity contribution in [1.29, 1.82) is 0 Å². The van der Waals surface area contributed by atoms with Crippen molar-refractivity contribution in [3.63, 3.8) is 0 Å². The number of carbonyl (C=O) groups excluding carboxylic acids is 1. The second kappa shape index (κ2) is 42.7. The number of allylic oxidation sites excluding steroid dienone is 19. The van der Waals surface area contributed by atoms with E-state index in [9.17, 15) is 45.6 Å². The van der Waals surface area contributed by atoms with Crippen LogP contribution in [0.2, 0.25) is 0 Å². The quantitative estimate of drug-likeness (QED) is 0.0211. The molecule has 2 heterocycles. The number of aliphatic hydroxyl groups excluding tert-OH is 8. The molecule has 0 radical (unpaired) electrons. The van der Waals surface area contributed by atoms with Crippen LogP contribution in [0.25, 0.3) is 0 Å². The topological polar surface area (TPSA) is 228 Å². The van der Waals surface area contributed by atoms with Crippen molar-refractivity contribution in [1.82, 2.24) is 5.32 Å². The first-order valence-corrected chi connectivity index (χ1v) is 26.7. The third-order valence-electron chi connectivity index (χ3n) is 12.2. The zero-order valence-electron chi connectivity index (χ0n) is 43.4. The van der Waals surface area contributed by atoms with Crippen LogP contribution in [0.1, 0.15) is 142 Å². The number of hydrogen-bond acceptors (Lipinski definition) is 13. The van der Waals surface area contributed by atoms with Crippen molar-refractivity contribution < 1.29 is 64.6 Å². The monoisotopic (exact) mass is 1010 g/mol. The highest BCUT2D eigenvalue weighted by atomic mass is 16.7. The molecule has 0 spiro atoms. The molecule has 12 unspecified atom stereocenters. The highest BCUT2D eigenvalue weighted by Crippen LogP contribution is 2.30. The zero-order chi connectivity index (χ0) is 52.4. The van der Waals surface area contributed by atoms with Crippen molar-refractivity contribution in [3.05, 3.63) is 122 Å². The van der Waals surface area contributed by atoms with Gasteiger partial charge >= 0.3 is 0 Å². The van der Waals surface area contributed by atoms with E-state index in [0.717, 1.165) is 109 Å². The van der Waals surface area contributed by atoms with Crippen LogP contribution in [-0.4, -0.2) is 140 Å². The first-order chi connectivity index (χ1) is 35.1. The predicted octanol–water partition coefficient (Wildman–Crippen LogP) is 7.88. The molecule has 2 saturated heterocycles. The van der Waals surface area contributed by atoms with Gasteiger partial charge in [-0.2, -0.15) is 0 Å². The number of ether oxygens (including phenoxy) is 4. The molecule has 1 amide bonds. The van der Waals surface area contributed by atoms with Crippen LogP contribution >= 0.6 is 0 Å². The van der Waals surface area contributed by atoms with Gasteiger partial charge in [0, 0.05) is 6.42 Å². The summed E-state index contributed by atoms with van der Waals surface area (Å²) in [6, 6.07) is -0.951. The van der Waals surface area contributed by atoms with Crippen LogP contribution in [0.3, 0.4) is 0 Å². The molecule has 72 heavy (non-hydrogen) atoms. The van der Waals surface area contributed by atoms with Crippen LogP contribution in [0.5, 0.6) is 0 Å². The molecule has 2 rings (SSSR count). The Morgan fingerprint density at radius 2 is 0.986 bits per heavy atom. The summed E-state index contributed by atoms with van der Waals surface area (Å²) in [7, 11) is 0. The van der Waals surface area contributed by atoms with Gasteiger partial charge in [-0.05, 0) is 96.8 Å². The minimum absolute atomic E-state index is 0.247. The van der Waals surface area contributed by atoms with E-state index >= 15 is 0 Å². The van der Waals surface area contributed by atoms with E-state index in [1.807, 2.05) is 19.1 Å². The zero-order valence-corrected chi connectivity index (χ0v) is 43.4. The molecule has 408 valence electrons. The van der Waals surface area contributed by atoms with Crippen molar-refractivity contribution >= 4 is 5.91 Å². The molecule has 0 saturated carbocycles. The molecular weight excluding hydrogens is 919 g/mol. The SMILES string of the molecule is C/C=C/CC/C=C/CC/C=C/C(O)C(COC1OC(CO)C(OC2OC(CO)C(O)C(O)C2O)C(O)C1O)NC(=O)CCCCCCCCC/C=C\C/C=C\C/C=C\C/C=C\C/C=C\C/C=C\C/C=C\CC. The number of unbranched alkanes of at least 4 members (excludes halogenated alkanes) is 9. The first kappa shape index (κ1) is 64.5. The van der Waals surface area contributed by atoms with E-state index < -0.39 is 86.8 Å². The molecule has 0 aromatic carbocycles. The Balaban J connectivity index is 1.72. The predicted molar refractivity (Wildman–Crippen MR) is 285 cm³/mol. The molecule has 14 nitrogen and oxygen atoms in total. The summed E-state index contributed by atoms with van der Waals surface area (Å²) in [6.45, 7) is 2.36. The summed E-state index contributed by atoms with van der Waals surface area (Å²) < 4.78 is 22.6. The van der Waals surface area contributed by atoms with Gasteiger partial charge < -0.3 is 65.1 Å². The highest BCUT2D eigenvalue weighted by Gasteiger charge is 2.51. The normalized spacial score (nSPS) is 26.6. The van der Waals surface area contributed by atoms with E-state index in [-0.39, 0.29) is 18.9 Å². The fraction of sp³-hybridized carbons (Fsp3) is 0.638. The van der Waals surface area contributed by atoms with E-state index in [0.29, 0.717) is 12.8 Å². The van der Waals surface area contributed by atoms with E-state index in [1.165, 1.54) is 0 Å². The van der Waals surface area contributed by atoms with Gasteiger partial charge in [-0.1, -0.05) is 161 Å². The van der Waals surface area contributed by atoms with E-state index in [2.05, 4.69) is 116 Å². The summed E-state index contributed by atoms with van der Waals surface area (Å²) in [5.74, 6) is -0.276. The van der Waals surface area contributed by atoms with Crippen LogP contribution in [0.4, 0.5) is 0 Å². The van der Waals surface area contributed by atoms with Gasteiger partial charge in [0.2, 0.25) is 5.91 Å². The number of amides is 1. The number of nitrogens with one attached hydrogen (secondary N) is 1. The fourth-order valence-corrected chi connectivity index (χ4v) is 7.90. The molecule has 2 fully saturated rings. The number of rotatable bonds is 39. The second-order valence-electron chi connectivity index (χ2n) is 18.3. The summed E-state index contributed by atoms with van der Waals surface area (Å²) in [6.07, 6.45) is 44.2. The molecule has 12 atom stereocenters. The van der Waals surface area contributed by atoms with Crippen molar-refractivity contribution in [2.24, 2.45) is 0 Å². The first-order valence-electron chi connectivity index (χ1n) is 26.7. The lowest BCUT2D eigenvalue weighted by Gasteiger charge is -2.46. The molecule has 0 aromatic heterocycles. The maximum atomic E-state index is 13.2. The molecule has 0 aliphatic carbocycles. The molecule has 2 aliphatic heterocycles. The number of aliphatic hydroxyl groups is 8. The van der Waals surface area contributed by atoms with Gasteiger partial charge in [-0.15, -0.1) is 0 Å². The standard InChI is InChI=1S/C58H93NO13/c1-3-5-7-9-11-13-14-15-16-17-18-19-20-21-22-23-24-25-26-27-28-29-30-31-32-34-36-38-40-42-50(63)59-46(47(62)41-39-37-35-33-12-10-8-6-4-2)45-69-57-55(68)53(66)56(49(44-61)71-57)72-58-54(67)52(65)51(64)48(43-60)70-58/h4-7,11-13,15-16,18-19,21-22,24-25,27-28,33,39,41,46-49,51-58,60-62,64-68H,3,8-10,14,17,20,23,26,29-32,34-38,40,42-45H2,1-2H3,(H,59,63)/b6-4+,7-5-,13-11-,16-15-,19-18-,22-21-,25-24-,28-27-,33-12+,41-39+. The summed E-state index contributed by atoms with van der Waals surface area (Å²) >= 11 is 0. The van der Waals surface area contributed by atoms with Gasteiger partial charge in [-0.25, -0.2) is 0 Å². The Labute approximate surface area is 431 Å². The van der Waals surface area contributed by atoms with Gasteiger partial charge in [0.25, 0.3) is 0 Å². The highest BCUT2D eigenvalue weighted by molar-refractivity contribution is 5.76. The van der Waals surface area contributed by atoms with Gasteiger partial charge in [0.1, 0.15) is 48.8 Å². The third kappa shape index (κ3) is 28.7. The summed E-state index contributed by atoms with van der Waals surface area (Å²) in [4.78, 5) is 13.2. The Morgan fingerprint density at radius 3 is 1.53 bits per heavy atom. The fourth-order valence-electron chi connectivity index (χ4n) is 7.90. The minimum Gasteiger partial charge on any atom is -0.394 e. The van der Waals surface area contributed by atoms with Gasteiger partial charge in [0.05, 0.1) is 32.0 Å². The van der Waals surface area contributed by atoms with Gasteiger partial charge in [-0.3, -0.25) is 4.79 Å². The second-order valence-corrected chi connectivity index (χ2v) is 18.3. The van der Waals surface area contributed by atoms with Crippen molar-refractivity contribution in [2.75, 3.05) is 19.8 Å². The van der Waals surface area contributed by atoms with Gasteiger partial charge in [0.15, 0.2) is 12.6 Å². The Hall–Kier alpha value is -3.61. The molecule has 14 heteroatoms. The van der Waals surface area contributed by atoms with Crippen LogP contribution < -0.4 is 5.32 Å². The molecule has 9 N–H and O–H groups in total. The Bertz CT molecular complexity index is 1670. The maximum Gasteiger partial charge on any atom is 0.220 e. The third-order valence-corrected chi connectivity index (χ3v) is 12.2. The lowest BCUT2D eigenvalue weighted by Crippen LogP contribution is -2.65. The Kier molecular flexibility index (Phi) is 38.3. The van der Waals surface area contributed by atoms with Crippen molar-refractivity contribution in [3.8, 4) is 0 Å². The lowest BCUT2D eigenvalue weighted by atomic mass is 9.97. The largest absolute Gasteiger partial charge is 0.394 e. The van der Waals surface area contributed by atoms with Crippen LogP contribution in [0.15, 0.2) is 122 Å². The number of hydrogen-bond donors (Lipinski definition) is 9. The van der Waals surface area contributed by atoms with Crippen LogP contribution in [0, 0.1) is 0 Å². The maximum absolute atomic E-state index is 13.2. The Morgan fingerprint density at radius 1 is 0.528 bits per heavy atom. The lowest BCUT2D eigenvalue weighted by molar-refractivity contribution is -0.359. The van der Waals surface area contributed by atoms with E-state index in [4.69, 9.17) is 18.9 Å². The average Bonchev–Trinajstić information content (AvgIpc) is 3.38. The molecular formula is C58H93NO13. The van der Waals surface area contributed by atoms with Crippen LogP contribution in [-0.2, 0) is 23.7 Å². The smallest absolute Gasteiger partial charge is 0.220 e. The summed E-state index contributed by atoms with van der Waals surface area (Å²) in [5.41, 5.74) is 0. The van der Waals surface area contributed by atoms with E-state index in [1.54, 1.807) is 6.08 Å². The molecule has 0 aromatic rings. The summed E-state index contributed by atoms with van der Waals surface area (Å²) in [5, 5.41) is 86.6. The minimum atomic E-state index is -1.80. The average molecular weight is 1010 g/mol.